The van der Waals surface area contributed by atoms with Gasteiger partial charge in [-0.2, -0.15) is 0 Å². The van der Waals surface area contributed by atoms with Gasteiger partial charge in [-0.05, 0) is 30.7 Å². The van der Waals surface area contributed by atoms with E-state index in [4.69, 9.17) is 16.6 Å². The molecule has 1 N–H and O–H groups in total. The highest BCUT2D eigenvalue weighted by molar-refractivity contribution is 6.30. The number of guanidine groups is 1. The summed E-state index contributed by atoms with van der Waals surface area (Å²) in [6.45, 7) is 4.83. The summed E-state index contributed by atoms with van der Waals surface area (Å²) in [5, 5.41) is 3.90. The van der Waals surface area contributed by atoms with Crippen LogP contribution in [-0.4, -0.2) is 56.6 Å². The zero-order valence-corrected chi connectivity index (χ0v) is 17.7. The standard InChI is InChI=1S/C21H21ClN8O/c1-14-13-17(31)30-18(15-3-5-16(22)6-4-15)26-20(27-21(30)25-14)29-11-9-28(10-12-29)19-23-7-2-8-24-19/h2-8,13,18H,9-12H2,1H3,(H,25,26,27)/t18-/m0/s1. The fraction of sp³-hybridized carbons (Fsp3) is 0.286. The largest absolute Gasteiger partial charge is 0.339 e. The van der Waals surface area contributed by atoms with Crippen molar-refractivity contribution in [1.82, 2.24) is 24.4 Å². The smallest absolute Gasteiger partial charge is 0.257 e. The van der Waals surface area contributed by atoms with Gasteiger partial charge in [0, 0.05) is 55.4 Å². The van der Waals surface area contributed by atoms with Gasteiger partial charge >= 0.3 is 0 Å². The highest BCUT2D eigenvalue weighted by Crippen LogP contribution is 2.27. The van der Waals surface area contributed by atoms with Gasteiger partial charge in [0.1, 0.15) is 0 Å². The number of rotatable bonds is 2. The molecule has 2 aliphatic heterocycles. The van der Waals surface area contributed by atoms with Gasteiger partial charge in [0.15, 0.2) is 6.17 Å². The monoisotopic (exact) mass is 436 g/mol. The fourth-order valence-electron chi connectivity index (χ4n) is 3.83. The van der Waals surface area contributed by atoms with Crippen LogP contribution in [0.25, 0.3) is 0 Å². The average molecular weight is 437 g/mol. The number of benzene rings is 1. The molecule has 0 amide bonds. The molecule has 1 aromatic carbocycles. The number of fused-ring (bicyclic) bond motifs is 1. The van der Waals surface area contributed by atoms with Crippen molar-refractivity contribution in [3.63, 3.8) is 0 Å². The molecule has 0 aliphatic carbocycles. The average Bonchev–Trinajstić information content (AvgIpc) is 2.79. The summed E-state index contributed by atoms with van der Waals surface area (Å²) in [6.07, 6.45) is 2.99. The first kappa shape index (κ1) is 19.5. The van der Waals surface area contributed by atoms with Crippen LogP contribution in [0.5, 0.6) is 0 Å². The lowest BCUT2D eigenvalue weighted by Crippen LogP contribution is -2.52. The Labute approximate surface area is 184 Å². The molecule has 1 saturated heterocycles. The number of hydrogen-bond donors (Lipinski definition) is 1. The number of aliphatic imine (C=N–C) groups is 1. The summed E-state index contributed by atoms with van der Waals surface area (Å²) in [4.78, 5) is 35.2. The van der Waals surface area contributed by atoms with Crippen molar-refractivity contribution in [2.45, 2.75) is 13.1 Å². The number of anilines is 2. The zero-order valence-electron chi connectivity index (χ0n) is 16.9. The van der Waals surface area contributed by atoms with E-state index in [1.165, 1.54) is 6.07 Å². The molecule has 9 nitrogen and oxygen atoms in total. The van der Waals surface area contributed by atoms with Crippen molar-refractivity contribution < 1.29 is 0 Å². The van der Waals surface area contributed by atoms with Crippen molar-refractivity contribution in [1.29, 1.82) is 0 Å². The quantitative estimate of drug-likeness (QED) is 0.658. The number of aromatic nitrogens is 4. The molecule has 158 valence electrons. The minimum absolute atomic E-state index is 0.149. The summed E-state index contributed by atoms with van der Waals surface area (Å²) >= 11 is 6.07. The lowest BCUT2D eigenvalue weighted by atomic mass is 10.1. The number of piperazine rings is 1. The van der Waals surface area contributed by atoms with E-state index in [0.29, 0.717) is 22.6 Å². The fourth-order valence-corrected chi connectivity index (χ4v) is 3.95. The number of hydrogen-bond acceptors (Lipinski definition) is 8. The maximum absolute atomic E-state index is 12.8. The van der Waals surface area contributed by atoms with E-state index in [1.807, 2.05) is 25.1 Å². The summed E-state index contributed by atoms with van der Waals surface area (Å²) in [5.74, 6) is 1.92. The minimum atomic E-state index is -0.514. The van der Waals surface area contributed by atoms with Crippen molar-refractivity contribution in [2.24, 2.45) is 4.99 Å². The van der Waals surface area contributed by atoms with Crippen LogP contribution >= 0.6 is 11.6 Å². The summed E-state index contributed by atoms with van der Waals surface area (Å²) in [5.41, 5.74) is 1.38. The summed E-state index contributed by atoms with van der Waals surface area (Å²) in [6, 6.07) is 10.7. The van der Waals surface area contributed by atoms with E-state index >= 15 is 0 Å². The maximum atomic E-state index is 12.8. The van der Waals surface area contributed by atoms with Gasteiger partial charge < -0.3 is 9.80 Å². The van der Waals surface area contributed by atoms with Gasteiger partial charge in [-0.15, -0.1) is 0 Å². The molecule has 0 unspecified atom stereocenters. The Balaban J connectivity index is 1.45. The van der Waals surface area contributed by atoms with Gasteiger partial charge in [-0.25, -0.2) is 19.9 Å². The molecule has 4 heterocycles. The summed E-state index contributed by atoms with van der Waals surface area (Å²) in [7, 11) is 0. The van der Waals surface area contributed by atoms with Crippen LogP contribution in [0.4, 0.5) is 11.9 Å². The molecule has 1 atom stereocenters. The Morgan fingerprint density at radius 2 is 1.71 bits per heavy atom. The Hall–Kier alpha value is -3.46. The number of halogens is 1. The second kappa shape index (κ2) is 7.99. The molecule has 10 heteroatoms. The highest BCUT2D eigenvalue weighted by Gasteiger charge is 2.29. The first-order valence-electron chi connectivity index (χ1n) is 10.1. The second-order valence-electron chi connectivity index (χ2n) is 7.46. The number of nitrogens with zero attached hydrogens (tertiary/aromatic N) is 7. The van der Waals surface area contributed by atoms with E-state index < -0.39 is 6.17 Å². The van der Waals surface area contributed by atoms with Crippen molar-refractivity contribution >= 4 is 29.5 Å². The molecule has 0 spiro atoms. The predicted molar refractivity (Wildman–Crippen MR) is 120 cm³/mol. The Morgan fingerprint density at radius 1 is 1.03 bits per heavy atom. The Bertz CT molecular complexity index is 1170. The molecule has 3 aromatic rings. The zero-order chi connectivity index (χ0) is 21.4. The van der Waals surface area contributed by atoms with Crippen LogP contribution in [0.15, 0.2) is 58.6 Å². The third-order valence-corrected chi connectivity index (χ3v) is 5.63. The molecule has 31 heavy (non-hydrogen) atoms. The molecular weight excluding hydrogens is 416 g/mol. The molecule has 2 aliphatic rings. The van der Waals surface area contributed by atoms with E-state index in [1.54, 1.807) is 29.1 Å². The number of nitrogens with one attached hydrogen (secondary N) is 1. The van der Waals surface area contributed by atoms with E-state index in [2.05, 4.69) is 30.1 Å². The minimum Gasteiger partial charge on any atom is -0.339 e. The van der Waals surface area contributed by atoms with Crippen LogP contribution in [0.2, 0.25) is 5.02 Å². The molecule has 0 radical (unpaired) electrons. The van der Waals surface area contributed by atoms with Crippen molar-refractivity contribution in [2.75, 3.05) is 36.4 Å². The van der Waals surface area contributed by atoms with Crippen LogP contribution in [-0.2, 0) is 0 Å². The van der Waals surface area contributed by atoms with Crippen LogP contribution < -0.4 is 15.8 Å². The molecule has 0 bridgehead atoms. The van der Waals surface area contributed by atoms with Gasteiger partial charge in [0.2, 0.25) is 17.9 Å². The van der Waals surface area contributed by atoms with Crippen molar-refractivity contribution in [3.8, 4) is 0 Å². The third-order valence-electron chi connectivity index (χ3n) is 5.38. The van der Waals surface area contributed by atoms with Crippen molar-refractivity contribution in [3.05, 3.63) is 75.4 Å². The highest BCUT2D eigenvalue weighted by atomic mass is 35.5. The molecule has 1 fully saturated rings. The van der Waals surface area contributed by atoms with Crippen LogP contribution in [0.1, 0.15) is 17.4 Å². The Morgan fingerprint density at radius 3 is 2.42 bits per heavy atom. The maximum Gasteiger partial charge on any atom is 0.257 e. The van der Waals surface area contributed by atoms with Gasteiger partial charge in [-0.1, -0.05) is 23.7 Å². The van der Waals surface area contributed by atoms with E-state index in [0.717, 1.165) is 37.7 Å². The lowest BCUT2D eigenvalue weighted by molar-refractivity contribution is 0.374. The first-order valence-corrected chi connectivity index (χ1v) is 10.4. The second-order valence-corrected chi connectivity index (χ2v) is 7.89. The van der Waals surface area contributed by atoms with Gasteiger partial charge in [-0.3, -0.25) is 14.7 Å². The van der Waals surface area contributed by atoms with Crippen LogP contribution in [0, 0.1) is 6.92 Å². The SMILES string of the molecule is Cc1cc(=O)n2c(n1)NC(N1CCN(c3ncccn3)CC1)=N[C@@H]2c1ccc(Cl)cc1. The molecule has 5 rings (SSSR count). The predicted octanol–water partition coefficient (Wildman–Crippen LogP) is 2.15. The van der Waals surface area contributed by atoms with E-state index in [-0.39, 0.29) is 5.56 Å². The topological polar surface area (TPSA) is 91.5 Å². The van der Waals surface area contributed by atoms with Gasteiger partial charge in [0.05, 0.1) is 0 Å². The van der Waals surface area contributed by atoms with E-state index in [9.17, 15) is 4.79 Å². The Kier molecular flexibility index (Phi) is 5.03. The first-order chi connectivity index (χ1) is 15.1. The molecule has 2 aromatic heterocycles. The third kappa shape index (κ3) is 3.84. The molecular formula is C21H21ClN8O. The lowest BCUT2D eigenvalue weighted by Gasteiger charge is -2.38. The summed E-state index contributed by atoms with van der Waals surface area (Å²) < 4.78 is 1.58. The van der Waals surface area contributed by atoms with Gasteiger partial charge in [0.25, 0.3) is 5.56 Å². The molecule has 0 saturated carbocycles. The van der Waals surface area contributed by atoms with Crippen LogP contribution in [0.3, 0.4) is 0 Å². The normalized spacial score (nSPS) is 18.3. The number of aryl methyl sites for hydroxylation is 1.